The van der Waals surface area contributed by atoms with E-state index in [0.29, 0.717) is 11.9 Å². The molecule has 6 rings (SSSR count). The molecule has 0 amide bonds. The number of aromatic nitrogens is 8. The molecule has 0 radical (unpaired) electrons. The fourth-order valence-electron chi connectivity index (χ4n) is 5.12. The van der Waals surface area contributed by atoms with Gasteiger partial charge in [0.1, 0.15) is 35.9 Å². The molecule has 12 nitrogen and oxygen atoms in total. The van der Waals surface area contributed by atoms with Gasteiger partial charge in [0.25, 0.3) is 0 Å². The van der Waals surface area contributed by atoms with Crippen LogP contribution in [0.25, 0.3) is 28.0 Å². The van der Waals surface area contributed by atoms with Crippen LogP contribution in [0, 0.1) is 12.8 Å². The number of aryl methyl sites for hydroxylation is 1. The molecule has 0 aliphatic carbocycles. The second-order valence-corrected chi connectivity index (χ2v) is 10.3. The van der Waals surface area contributed by atoms with Crippen molar-refractivity contribution in [2.24, 2.45) is 20.9 Å². The van der Waals surface area contributed by atoms with Crippen molar-refractivity contribution < 1.29 is 4.68 Å². The zero-order valence-corrected chi connectivity index (χ0v) is 21.6. The lowest BCUT2D eigenvalue weighted by molar-refractivity contribution is -0.660. The summed E-state index contributed by atoms with van der Waals surface area (Å²) >= 11 is 0. The first-order valence-electron chi connectivity index (χ1n) is 12.8. The number of hydrogen-bond donors (Lipinski definition) is 3. The molecule has 190 valence electrons. The van der Waals surface area contributed by atoms with Gasteiger partial charge in [-0.05, 0) is 25.7 Å². The number of aromatic amines is 2. The SMILES string of the molecule is Cc1[nH]nc2c(C(C)C)nc(-[n+]3cc4ncnc(C(C)CCC(C)C5=NC=NC6N=CNC56)c4[nH]3)nc12. The van der Waals surface area contributed by atoms with E-state index in [-0.39, 0.29) is 24.0 Å². The van der Waals surface area contributed by atoms with Crippen LogP contribution in [0.3, 0.4) is 0 Å². The highest BCUT2D eigenvalue weighted by Crippen LogP contribution is 2.28. The van der Waals surface area contributed by atoms with E-state index in [4.69, 9.17) is 9.97 Å². The van der Waals surface area contributed by atoms with E-state index in [1.807, 2.05) is 17.8 Å². The lowest BCUT2D eigenvalue weighted by Gasteiger charge is -2.25. The molecule has 12 heteroatoms. The van der Waals surface area contributed by atoms with Gasteiger partial charge >= 0.3 is 5.95 Å². The summed E-state index contributed by atoms with van der Waals surface area (Å²) in [6, 6.07) is 0.0651. The average Bonchev–Trinajstić information content (AvgIpc) is 3.64. The lowest BCUT2D eigenvalue weighted by atomic mass is 9.89. The molecular formula is C25H31N12+. The van der Waals surface area contributed by atoms with Gasteiger partial charge in [-0.3, -0.25) is 5.10 Å². The summed E-state index contributed by atoms with van der Waals surface area (Å²) in [5, 5.41) is 14.2. The monoisotopic (exact) mass is 499 g/mol. The Bertz CT molecular complexity index is 1560. The Balaban J connectivity index is 1.27. The van der Waals surface area contributed by atoms with Gasteiger partial charge in [0.2, 0.25) is 0 Å². The van der Waals surface area contributed by atoms with E-state index in [9.17, 15) is 0 Å². The van der Waals surface area contributed by atoms with Gasteiger partial charge in [0, 0.05) is 17.5 Å². The predicted octanol–water partition coefficient (Wildman–Crippen LogP) is 2.66. The number of nitrogens with zero attached hydrogens (tertiary/aromatic N) is 9. The van der Waals surface area contributed by atoms with Crippen molar-refractivity contribution in [3.63, 3.8) is 0 Å². The zero-order valence-electron chi connectivity index (χ0n) is 21.6. The third kappa shape index (κ3) is 4.05. The van der Waals surface area contributed by atoms with Crippen molar-refractivity contribution in [3.8, 4) is 5.95 Å². The van der Waals surface area contributed by atoms with E-state index in [0.717, 1.165) is 57.7 Å². The van der Waals surface area contributed by atoms with Gasteiger partial charge in [0.05, 0.1) is 17.7 Å². The largest absolute Gasteiger partial charge is 0.456 e. The molecule has 4 atom stereocenters. The first-order chi connectivity index (χ1) is 17.9. The average molecular weight is 500 g/mol. The van der Waals surface area contributed by atoms with Gasteiger partial charge in [0.15, 0.2) is 22.9 Å². The fourth-order valence-corrected chi connectivity index (χ4v) is 5.12. The Morgan fingerprint density at radius 2 is 1.81 bits per heavy atom. The molecule has 0 saturated heterocycles. The Morgan fingerprint density at radius 1 is 0.973 bits per heavy atom. The second-order valence-electron chi connectivity index (χ2n) is 10.3. The zero-order chi connectivity index (χ0) is 25.7. The third-order valence-electron chi connectivity index (χ3n) is 7.27. The van der Waals surface area contributed by atoms with E-state index >= 15 is 0 Å². The van der Waals surface area contributed by atoms with Gasteiger partial charge in [-0.2, -0.15) is 5.10 Å². The summed E-state index contributed by atoms with van der Waals surface area (Å²) in [5.74, 6) is 1.28. The minimum absolute atomic E-state index is 0.0651. The van der Waals surface area contributed by atoms with Crippen molar-refractivity contribution >= 4 is 40.5 Å². The van der Waals surface area contributed by atoms with E-state index < -0.39 is 0 Å². The maximum atomic E-state index is 4.84. The standard InChI is InChI=1S/C25H30N12/c1-12(2)17-22-20(15(5)34-35-22)33-25(32-17)37-8-16-21(36-37)18(27-9-26-16)13(3)6-7-14(4)19-23-24(30-10-28-19)31-11-29-23/h8-14,23-24H,6-7H2,1-5H3,(H2,29,31,32,33,34,35)/p+1. The molecule has 3 N–H and O–H groups in total. The highest BCUT2D eigenvalue weighted by Gasteiger charge is 2.33. The van der Waals surface area contributed by atoms with E-state index in [1.165, 1.54) is 0 Å². The number of H-pyrrole nitrogens is 2. The minimum Gasteiger partial charge on any atom is -0.364 e. The first kappa shape index (κ1) is 23.3. The molecule has 37 heavy (non-hydrogen) atoms. The molecule has 4 aromatic rings. The summed E-state index contributed by atoms with van der Waals surface area (Å²) in [6.07, 6.45) is 8.77. The van der Waals surface area contributed by atoms with Gasteiger partial charge in [-0.15, -0.1) is 4.68 Å². The molecule has 0 spiro atoms. The molecule has 0 aromatic carbocycles. The normalized spacial score (nSPS) is 20.4. The summed E-state index contributed by atoms with van der Waals surface area (Å²) < 4.78 is 1.83. The minimum atomic E-state index is -0.0910. The van der Waals surface area contributed by atoms with Crippen LogP contribution in [0.4, 0.5) is 0 Å². The van der Waals surface area contributed by atoms with Gasteiger partial charge < -0.3 is 5.32 Å². The van der Waals surface area contributed by atoms with Gasteiger partial charge in [-0.1, -0.05) is 37.7 Å². The van der Waals surface area contributed by atoms with Crippen molar-refractivity contribution in [3.05, 3.63) is 29.6 Å². The van der Waals surface area contributed by atoms with Crippen LogP contribution in [0.5, 0.6) is 0 Å². The predicted molar refractivity (Wildman–Crippen MR) is 141 cm³/mol. The Kier molecular flexibility index (Phi) is 5.73. The fraction of sp³-hybridized carbons (Fsp3) is 0.480. The molecule has 6 heterocycles. The molecule has 0 saturated carbocycles. The van der Waals surface area contributed by atoms with Crippen LogP contribution in [0.2, 0.25) is 0 Å². The third-order valence-corrected chi connectivity index (χ3v) is 7.27. The summed E-state index contributed by atoms with van der Waals surface area (Å²) in [4.78, 5) is 32.1. The highest BCUT2D eigenvalue weighted by atomic mass is 15.4. The van der Waals surface area contributed by atoms with Crippen LogP contribution < -0.4 is 10.00 Å². The van der Waals surface area contributed by atoms with Crippen molar-refractivity contribution in [1.82, 2.24) is 40.5 Å². The number of nitrogens with one attached hydrogen (secondary N) is 3. The van der Waals surface area contributed by atoms with Crippen LogP contribution >= 0.6 is 0 Å². The number of rotatable bonds is 7. The van der Waals surface area contributed by atoms with Crippen LogP contribution in [-0.2, 0) is 0 Å². The van der Waals surface area contributed by atoms with E-state index in [1.54, 1.807) is 19.0 Å². The van der Waals surface area contributed by atoms with Crippen LogP contribution in [0.1, 0.15) is 69.5 Å². The van der Waals surface area contributed by atoms with Crippen LogP contribution in [-0.4, -0.2) is 65.8 Å². The quantitative estimate of drug-likeness (QED) is 0.333. The number of aliphatic imine (C=N–C) groups is 3. The summed E-state index contributed by atoms with van der Waals surface area (Å²) in [7, 11) is 0. The molecule has 0 fully saturated rings. The molecule has 2 aliphatic rings. The summed E-state index contributed by atoms with van der Waals surface area (Å²) in [6.45, 7) is 10.6. The Hall–Kier alpha value is -4.09. The highest BCUT2D eigenvalue weighted by molar-refractivity contribution is 6.00. The molecule has 4 aromatic heterocycles. The summed E-state index contributed by atoms with van der Waals surface area (Å²) in [5.41, 5.74) is 7.28. The molecule has 4 unspecified atom stereocenters. The second kappa shape index (κ2) is 9.09. The van der Waals surface area contributed by atoms with E-state index in [2.05, 4.69) is 73.3 Å². The maximum absolute atomic E-state index is 4.84. The lowest BCUT2D eigenvalue weighted by Crippen LogP contribution is -2.43. The molecular weight excluding hydrogens is 468 g/mol. The molecule has 0 bridgehead atoms. The van der Waals surface area contributed by atoms with Crippen LogP contribution in [0.15, 0.2) is 27.5 Å². The topological polar surface area (TPSA) is 149 Å². The Morgan fingerprint density at radius 3 is 2.65 bits per heavy atom. The van der Waals surface area contributed by atoms with Gasteiger partial charge in [-0.25, -0.2) is 30.0 Å². The smallest absolute Gasteiger partial charge is 0.364 e. The van der Waals surface area contributed by atoms with Crippen molar-refractivity contribution in [2.75, 3.05) is 0 Å². The number of fused-ring (bicyclic) bond motifs is 3. The first-order valence-corrected chi connectivity index (χ1v) is 12.8. The maximum Gasteiger partial charge on any atom is 0.456 e. The number of hydrogen-bond acceptors (Lipinski definition) is 9. The van der Waals surface area contributed by atoms with Crippen molar-refractivity contribution in [1.29, 1.82) is 0 Å². The van der Waals surface area contributed by atoms with Crippen molar-refractivity contribution in [2.45, 2.75) is 71.5 Å². The Labute approximate surface area is 213 Å². The molecule has 2 aliphatic heterocycles.